The monoisotopic (exact) mass is 477 g/mol. The number of nitrogens with one attached hydrogen (secondary N) is 1. The summed E-state index contributed by atoms with van der Waals surface area (Å²) in [7, 11) is -2.30. The molecule has 0 aliphatic rings. The smallest absolute Gasteiger partial charge is 0.247 e. The Kier molecular flexibility index (Phi) is 9.55. The van der Waals surface area contributed by atoms with Gasteiger partial charge in [0.1, 0.15) is 11.9 Å². The first-order valence-corrected chi connectivity index (χ1v) is 12.6. The molecule has 7 nitrogen and oxygen atoms in total. The van der Waals surface area contributed by atoms with Crippen LogP contribution in [0.3, 0.4) is 0 Å². The van der Waals surface area contributed by atoms with E-state index in [1.807, 2.05) is 13.8 Å². The predicted molar refractivity (Wildman–Crippen MR) is 126 cm³/mol. The highest BCUT2D eigenvalue weighted by atomic mass is 32.2. The summed E-state index contributed by atoms with van der Waals surface area (Å²) in [4.78, 5) is 28.0. The van der Waals surface area contributed by atoms with Crippen molar-refractivity contribution in [1.82, 2.24) is 14.5 Å². The first kappa shape index (κ1) is 26.5. The molecule has 0 aromatic heterocycles. The summed E-state index contributed by atoms with van der Waals surface area (Å²) >= 11 is 0. The van der Waals surface area contributed by atoms with Gasteiger partial charge in [-0.05, 0) is 35.6 Å². The molecule has 0 aliphatic heterocycles. The van der Waals surface area contributed by atoms with Gasteiger partial charge in [0.2, 0.25) is 21.8 Å². The number of sulfonamides is 1. The zero-order chi connectivity index (χ0) is 24.6. The molecular formula is C24H32FN3O4S. The number of carbonyl (C=O) groups is 2. The number of carbonyl (C=O) groups excluding carboxylic acids is 2. The maximum absolute atomic E-state index is 13.4. The van der Waals surface area contributed by atoms with E-state index in [0.29, 0.717) is 23.6 Å². The lowest BCUT2D eigenvalue weighted by Crippen LogP contribution is -2.47. The van der Waals surface area contributed by atoms with Crippen LogP contribution in [0.1, 0.15) is 37.4 Å². The maximum Gasteiger partial charge on any atom is 0.247 e. The van der Waals surface area contributed by atoms with Crippen LogP contribution in [0.4, 0.5) is 4.39 Å². The van der Waals surface area contributed by atoms with Crippen LogP contribution in [0, 0.1) is 11.7 Å². The molecule has 0 spiro atoms. The molecule has 1 atom stereocenters. The predicted octanol–water partition coefficient (Wildman–Crippen LogP) is 2.95. The van der Waals surface area contributed by atoms with E-state index in [1.165, 1.54) is 36.2 Å². The molecule has 0 aliphatic carbocycles. The molecule has 2 aromatic carbocycles. The van der Waals surface area contributed by atoms with Crippen molar-refractivity contribution in [3.05, 3.63) is 71.5 Å². The van der Waals surface area contributed by atoms with Crippen LogP contribution in [0.25, 0.3) is 0 Å². The fourth-order valence-corrected chi connectivity index (χ4v) is 3.54. The van der Waals surface area contributed by atoms with Crippen LogP contribution < -0.4 is 5.32 Å². The lowest BCUT2D eigenvalue weighted by molar-refractivity contribution is -0.141. The fourth-order valence-electron chi connectivity index (χ4n) is 3.20. The minimum absolute atomic E-state index is 0.00781. The summed E-state index contributed by atoms with van der Waals surface area (Å²) < 4.78 is 38.2. The Hall–Kier alpha value is -2.78. The number of benzene rings is 2. The second-order valence-electron chi connectivity index (χ2n) is 8.45. The number of hydrogen-bond donors (Lipinski definition) is 1. The van der Waals surface area contributed by atoms with Crippen molar-refractivity contribution in [3.63, 3.8) is 0 Å². The van der Waals surface area contributed by atoms with Crippen LogP contribution in [-0.2, 0) is 26.2 Å². The van der Waals surface area contributed by atoms with Gasteiger partial charge in [0.15, 0.2) is 0 Å². The Morgan fingerprint density at radius 1 is 1.03 bits per heavy atom. The van der Waals surface area contributed by atoms with E-state index in [4.69, 9.17) is 0 Å². The van der Waals surface area contributed by atoms with E-state index in [0.717, 1.165) is 17.0 Å². The zero-order valence-electron chi connectivity index (χ0n) is 19.5. The van der Waals surface area contributed by atoms with Gasteiger partial charge in [-0.1, -0.05) is 56.3 Å². The quantitative estimate of drug-likeness (QED) is 0.539. The summed E-state index contributed by atoms with van der Waals surface area (Å²) in [6.45, 7) is 4.12. The van der Waals surface area contributed by atoms with Gasteiger partial charge in [0.05, 0.1) is 12.8 Å². The van der Waals surface area contributed by atoms with Crippen LogP contribution >= 0.6 is 0 Å². The molecule has 1 N–H and O–H groups in total. The summed E-state index contributed by atoms with van der Waals surface area (Å²) in [5.41, 5.74) is 1.21. The van der Waals surface area contributed by atoms with Gasteiger partial charge in [-0.2, -0.15) is 4.31 Å². The van der Waals surface area contributed by atoms with Crippen LogP contribution in [-0.4, -0.2) is 55.8 Å². The van der Waals surface area contributed by atoms with Crippen molar-refractivity contribution >= 4 is 21.8 Å². The zero-order valence-corrected chi connectivity index (χ0v) is 20.3. The topological polar surface area (TPSA) is 86.8 Å². The van der Waals surface area contributed by atoms with Crippen molar-refractivity contribution in [2.45, 2.75) is 32.9 Å². The molecule has 9 heteroatoms. The number of rotatable bonds is 11. The van der Waals surface area contributed by atoms with Crippen LogP contribution in [0.2, 0.25) is 0 Å². The summed E-state index contributed by atoms with van der Waals surface area (Å²) in [5.74, 6) is -0.931. The highest BCUT2D eigenvalue weighted by Crippen LogP contribution is 2.24. The Morgan fingerprint density at radius 2 is 1.64 bits per heavy atom. The second kappa shape index (κ2) is 11.9. The highest BCUT2D eigenvalue weighted by Gasteiger charge is 2.32. The van der Waals surface area contributed by atoms with E-state index in [9.17, 15) is 22.4 Å². The van der Waals surface area contributed by atoms with E-state index in [-0.39, 0.29) is 12.5 Å². The van der Waals surface area contributed by atoms with Crippen molar-refractivity contribution in [3.8, 4) is 0 Å². The SMILES string of the molecule is CC(C)CCNC(=O)[C@H](c1ccccc1)N(Cc1ccc(F)cc1)C(=O)CN(C)S(C)(=O)=O. The minimum atomic E-state index is -3.61. The highest BCUT2D eigenvalue weighted by molar-refractivity contribution is 7.88. The molecule has 33 heavy (non-hydrogen) atoms. The Bertz CT molecular complexity index is 1030. The molecule has 0 heterocycles. The van der Waals surface area contributed by atoms with Crippen molar-refractivity contribution in [1.29, 1.82) is 0 Å². The van der Waals surface area contributed by atoms with Gasteiger partial charge in [-0.3, -0.25) is 9.59 Å². The van der Waals surface area contributed by atoms with Gasteiger partial charge in [0.25, 0.3) is 0 Å². The Morgan fingerprint density at radius 3 is 2.18 bits per heavy atom. The molecule has 2 rings (SSSR count). The third kappa shape index (κ3) is 8.25. The number of amides is 2. The van der Waals surface area contributed by atoms with Gasteiger partial charge in [-0.15, -0.1) is 0 Å². The van der Waals surface area contributed by atoms with E-state index >= 15 is 0 Å². The molecule has 0 unspecified atom stereocenters. The first-order chi connectivity index (χ1) is 15.5. The third-order valence-corrected chi connectivity index (χ3v) is 6.47. The molecule has 2 amide bonds. The lowest BCUT2D eigenvalue weighted by atomic mass is 10.0. The normalized spacial score (nSPS) is 12.6. The van der Waals surface area contributed by atoms with Crippen LogP contribution in [0.5, 0.6) is 0 Å². The van der Waals surface area contributed by atoms with Crippen molar-refractivity contribution in [2.24, 2.45) is 5.92 Å². The summed E-state index contributed by atoms with van der Waals surface area (Å²) in [5, 5.41) is 2.90. The van der Waals surface area contributed by atoms with Crippen molar-refractivity contribution < 1.29 is 22.4 Å². The standard InChI is InChI=1S/C24H32FN3O4S/c1-18(2)14-15-26-24(30)23(20-8-6-5-7-9-20)28(16-19-10-12-21(25)13-11-19)22(29)17-27(3)33(4,31)32/h5-13,18,23H,14-17H2,1-4H3,(H,26,30)/t23-/m0/s1. The van der Waals surface area contributed by atoms with E-state index in [2.05, 4.69) is 5.32 Å². The maximum atomic E-state index is 13.4. The molecule has 180 valence electrons. The van der Waals surface area contributed by atoms with E-state index in [1.54, 1.807) is 30.3 Å². The minimum Gasteiger partial charge on any atom is -0.354 e. The third-order valence-electron chi connectivity index (χ3n) is 5.21. The van der Waals surface area contributed by atoms with Gasteiger partial charge in [0, 0.05) is 20.1 Å². The van der Waals surface area contributed by atoms with E-state index < -0.39 is 34.3 Å². The molecule has 0 saturated carbocycles. The largest absolute Gasteiger partial charge is 0.354 e. The second-order valence-corrected chi connectivity index (χ2v) is 10.5. The lowest BCUT2D eigenvalue weighted by Gasteiger charge is -2.32. The molecule has 0 saturated heterocycles. The summed E-state index contributed by atoms with van der Waals surface area (Å²) in [6, 6.07) is 13.5. The number of likely N-dealkylation sites (N-methyl/N-ethyl adjacent to an activating group) is 1. The van der Waals surface area contributed by atoms with Gasteiger partial charge >= 0.3 is 0 Å². The van der Waals surface area contributed by atoms with Gasteiger partial charge < -0.3 is 10.2 Å². The summed E-state index contributed by atoms with van der Waals surface area (Å²) in [6.07, 6.45) is 1.79. The number of hydrogen-bond acceptors (Lipinski definition) is 4. The average molecular weight is 478 g/mol. The molecule has 0 fully saturated rings. The fraction of sp³-hybridized carbons (Fsp3) is 0.417. The number of halogens is 1. The molecule has 2 aromatic rings. The molecule has 0 radical (unpaired) electrons. The molecular weight excluding hydrogens is 445 g/mol. The van der Waals surface area contributed by atoms with Gasteiger partial charge in [-0.25, -0.2) is 12.8 Å². The Balaban J connectivity index is 2.44. The number of nitrogens with zero attached hydrogens (tertiary/aromatic N) is 2. The molecule has 0 bridgehead atoms. The average Bonchev–Trinajstić information content (AvgIpc) is 2.74. The van der Waals surface area contributed by atoms with Crippen LogP contribution in [0.15, 0.2) is 54.6 Å². The first-order valence-electron chi connectivity index (χ1n) is 10.8. The van der Waals surface area contributed by atoms with Crippen molar-refractivity contribution in [2.75, 3.05) is 26.4 Å². The Labute approximate surface area is 195 Å².